The van der Waals surface area contributed by atoms with Gasteiger partial charge in [-0.25, -0.2) is 17.9 Å². The summed E-state index contributed by atoms with van der Waals surface area (Å²) in [6, 6.07) is 1.80. The SMILES string of the molecule is CCC(NC(=O)c1cc(Cl)cc(S(N)(=O)=O)c1F)C(C)C. The number of carbonyl (C=O) groups excluding carboxylic acids is 1. The summed E-state index contributed by atoms with van der Waals surface area (Å²) in [6.07, 6.45) is 0.660. The third kappa shape index (κ3) is 4.39. The maximum Gasteiger partial charge on any atom is 0.254 e. The lowest BCUT2D eigenvalue weighted by Gasteiger charge is -2.21. The second kappa shape index (κ2) is 6.72. The molecular weight excluding hydrogens is 319 g/mol. The number of benzene rings is 1. The van der Waals surface area contributed by atoms with Gasteiger partial charge in [0.25, 0.3) is 5.91 Å². The Morgan fingerprint density at radius 3 is 2.43 bits per heavy atom. The fraction of sp³-hybridized carbons (Fsp3) is 0.462. The Hall–Kier alpha value is -1.18. The molecule has 21 heavy (non-hydrogen) atoms. The van der Waals surface area contributed by atoms with Gasteiger partial charge in [-0.2, -0.15) is 0 Å². The maximum absolute atomic E-state index is 14.2. The predicted molar refractivity (Wildman–Crippen MR) is 79.2 cm³/mol. The van der Waals surface area contributed by atoms with Crippen LogP contribution >= 0.6 is 11.6 Å². The van der Waals surface area contributed by atoms with Crippen molar-refractivity contribution in [2.75, 3.05) is 0 Å². The highest BCUT2D eigenvalue weighted by Gasteiger charge is 2.24. The van der Waals surface area contributed by atoms with Crippen LogP contribution < -0.4 is 10.5 Å². The highest BCUT2D eigenvalue weighted by Crippen LogP contribution is 2.23. The van der Waals surface area contributed by atoms with Gasteiger partial charge in [-0.3, -0.25) is 4.79 Å². The van der Waals surface area contributed by atoms with Crippen LogP contribution in [0.2, 0.25) is 5.02 Å². The quantitative estimate of drug-likeness (QED) is 0.864. The normalized spacial score (nSPS) is 13.3. The molecule has 0 fully saturated rings. The molecule has 0 radical (unpaired) electrons. The molecule has 1 atom stereocenters. The average molecular weight is 337 g/mol. The van der Waals surface area contributed by atoms with Gasteiger partial charge in [0.1, 0.15) is 4.90 Å². The molecule has 0 aliphatic carbocycles. The first-order chi connectivity index (χ1) is 9.57. The summed E-state index contributed by atoms with van der Waals surface area (Å²) in [5.41, 5.74) is -0.439. The number of hydrogen-bond donors (Lipinski definition) is 2. The predicted octanol–water partition coefficient (Wildman–Crippen LogP) is 2.29. The molecule has 3 N–H and O–H groups in total. The molecule has 5 nitrogen and oxygen atoms in total. The maximum atomic E-state index is 14.2. The van der Waals surface area contributed by atoms with Gasteiger partial charge in [-0.15, -0.1) is 0 Å². The molecule has 0 aliphatic rings. The molecule has 8 heteroatoms. The van der Waals surface area contributed by atoms with E-state index in [9.17, 15) is 17.6 Å². The van der Waals surface area contributed by atoms with Crippen molar-refractivity contribution in [2.24, 2.45) is 11.1 Å². The number of halogens is 2. The fourth-order valence-corrected chi connectivity index (χ4v) is 2.86. The van der Waals surface area contributed by atoms with Crippen molar-refractivity contribution in [3.05, 3.63) is 28.5 Å². The zero-order valence-electron chi connectivity index (χ0n) is 12.0. The third-order valence-corrected chi connectivity index (χ3v) is 4.24. The van der Waals surface area contributed by atoms with Gasteiger partial charge in [-0.05, 0) is 24.5 Å². The molecule has 0 aliphatic heterocycles. The monoisotopic (exact) mass is 336 g/mol. The van der Waals surface area contributed by atoms with Crippen LogP contribution in [0.1, 0.15) is 37.6 Å². The number of sulfonamides is 1. The average Bonchev–Trinajstić information content (AvgIpc) is 2.36. The lowest BCUT2D eigenvalue weighted by Crippen LogP contribution is -2.38. The summed E-state index contributed by atoms with van der Waals surface area (Å²) < 4.78 is 36.8. The molecule has 0 heterocycles. The van der Waals surface area contributed by atoms with E-state index >= 15 is 0 Å². The van der Waals surface area contributed by atoms with Gasteiger partial charge in [0.2, 0.25) is 10.0 Å². The van der Waals surface area contributed by atoms with E-state index in [0.29, 0.717) is 6.42 Å². The Bertz CT molecular complexity index is 647. The molecule has 0 spiro atoms. The largest absolute Gasteiger partial charge is 0.349 e. The minimum absolute atomic E-state index is 0.0804. The summed E-state index contributed by atoms with van der Waals surface area (Å²) in [4.78, 5) is 11.3. The Labute approximate surface area is 128 Å². The Kier molecular flexibility index (Phi) is 5.72. The lowest BCUT2D eigenvalue weighted by molar-refractivity contribution is 0.0920. The second-order valence-electron chi connectivity index (χ2n) is 5.04. The van der Waals surface area contributed by atoms with E-state index in [1.54, 1.807) is 0 Å². The van der Waals surface area contributed by atoms with Crippen molar-refractivity contribution in [1.29, 1.82) is 0 Å². The van der Waals surface area contributed by atoms with Crippen LogP contribution in [0.25, 0.3) is 0 Å². The zero-order chi connectivity index (χ0) is 16.4. The highest BCUT2D eigenvalue weighted by atomic mass is 35.5. The summed E-state index contributed by atoms with van der Waals surface area (Å²) >= 11 is 5.74. The molecular formula is C13H18ClFN2O3S. The van der Waals surface area contributed by atoms with Crippen LogP contribution in [0.15, 0.2) is 17.0 Å². The van der Waals surface area contributed by atoms with Crippen LogP contribution in [-0.2, 0) is 10.0 Å². The Morgan fingerprint density at radius 2 is 2.00 bits per heavy atom. The van der Waals surface area contributed by atoms with Gasteiger partial charge in [0, 0.05) is 11.1 Å². The summed E-state index contributed by atoms with van der Waals surface area (Å²) in [5, 5.41) is 7.49. The molecule has 118 valence electrons. The number of rotatable bonds is 5. The van der Waals surface area contributed by atoms with Crippen LogP contribution in [0.3, 0.4) is 0 Å². The number of primary sulfonamides is 1. The molecule has 1 unspecified atom stereocenters. The summed E-state index contributed by atoms with van der Waals surface area (Å²) in [6.45, 7) is 5.71. The van der Waals surface area contributed by atoms with E-state index in [2.05, 4.69) is 5.32 Å². The number of carbonyl (C=O) groups is 1. The van der Waals surface area contributed by atoms with E-state index < -0.39 is 32.2 Å². The summed E-state index contributed by atoms with van der Waals surface area (Å²) in [7, 11) is -4.30. The van der Waals surface area contributed by atoms with Crippen molar-refractivity contribution in [2.45, 2.75) is 38.1 Å². The van der Waals surface area contributed by atoms with Gasteiger partial charge in [0.15, 0.2) is 5.82 Å². The van der Waals surface area contributed by atoms with Crippen molar-refractivity contribution in [1.82, 2.24) is 5.32 Å². The van der Waals surface area contributed by atoms with Crippen LogP contribution in [0.4, 0.5) is 4.39 Å². The van der Waals surface area contributed by atoms with Crippen molar-refractivity contribution >= 4 is 27.5 Å². The Morgan fingerprint density at radius 1 is 1.43 bits per heavy atom. The van der Waals surface area contributed by atoms with Gasteiger partial charge >= 0.3 is 0 Å². The third-order valence-electron chi connectivity index (χ3n) is 3.12. The van der Waals surface area contributed by atoms with E-state index in [0.717, 1.165) is 12.1 Å². The van der Waals surface area contributed by atoms with Crippen LogP contribution in [0.5, 0.6) is 0 Å². The van der Waals surface area contributed by atoms with E-state index in [1.165, 1.54) is 0 Å². The Balaban J connectivity index is 3.25. The summed E-state index contributed by atoms with van der Waals surface area (Å²) in [5.74, 6) is -1.77. The first-order valence-electron chi connectivity index (χ1n) is 6.40. The van der Waals surface area contributed by atoms with Gasteiger partial charge in [0.05, 0.1) is 5.56 Å². The fourth-order valence-electron chi connectivity index (χ4n) is 1.92. The lowest BCUT2D eigenvalue weighted by atomic mass is 10.0. The zero-order valence-corrected chi connectivity index (χ0v) is 13.6. The molecule has 1 aromatic carbocycles. The van der Waals surface area contributed by atoms with Crippen molar-refractivity contribution in [3.63, 3.8) is 0 Å². The van der Waals surface area contributed by atoms with Crippen LogP contribution in [-0.4, -0.2) is 20.4 Å². The van der Waals surface area contributed by atoms with E-state index in [1.807, 2.05) is 20.8 Å². The van der Waals surface area contributed by atoms with Gasteiger partial charge in [-0.1, -0.05) is 32.4 Å². The standard InChI is InChI=1S/C13H18ClFN2O3S/c1-4-10(7(2)3)17-13(18)9-5-8(14)6-11(12(9)15)21(16,19)20/h5-7,10H,4H2,1-3H3,(H,17,18)(H2,16,19,20). The van der Waals surface area contributed by atoms with Crippen molar-refractivity contribution in [3.8, 4) is 0 Å². The minimum atomic E-state index is -4.30. The van der Waals surface area contributed by atoms with E-state index in [4.69, 9.17) is 16.7 Å². The molecule has 0 aromatic heterocycles. The van der Waals surface area contributed by atoms with Crippen LogP contribution in [0, 0.1) is 11.7 Å². The molecule has 0 bridgehead atoms. The number of nitrogens with two attached hydrogens (primary N) is 1. The highest BCUT2D eigenvalue weighted by molar-refractivity contribution is 7.89. The smallest absolute Gasteiger partial charge is 0.254 e. The molecule has 1 rings (SSSR count). The molecule has 0 saturated heterocycles. The molecule has 1 aromatic rings. The first-order valence-corrected chi connectivity index (χ1v) is 8.33. The van der Waals surface area contributed by atoms with Crippen molar-refractivity contribution < 1.29 is 17.6 Å². The van der Waals surface area contributed by atoms with E-state index in [-0.39, 0.29) is 17.0 Å². The number of hydrogen-bond acceptors (Lipinski definition) is 3. The van der Waals surface area contributed by atoms with Gasteiger partial charge < -0.3 is 5.32 Å². The molecule has 1 amide bonds. The topological polar surface area (TPSA) is 89.3 Å². The number of amides is 1. The number of nitrogens with one attached hydrogen (secondary N) is 1. The molecule has 0 saturated carbocycles. The first kappa shape index (κ1) is 17.9. The minimum Gasteiger partial charge on any atom is -0.349 e. The second-order valence-corrected chi connectivity index (χ2v) is 7.01.